The van der Waals surface area contributed by atoms with E-state index in [0.717, 1.165) is 23.1 Å². The third-order valence-corrected chi connectivity index (χ3v) is 7.00. The highest BCUT2D eigenvalue weighted by molar-refractivity contribution is 8.01. The van der Waals surface area contributed by atoms with E-state index in [1.807, 2.05) is 0 Å². The van der Waals surface area contributed by atoms with Gasteiger partial charge in [0.15, 0.2) is 8.55 Å². The number of aromatic nitrogens is 3. The number of aryl methyl sites for hydroxylation is 1. The minimum Gasteiger partial charge on any atom is -0.481 e. The van der Waals surface area contributed by atoms with E-state index in [-0.39, 0.29) is 20.8 Å². The number of anilines is 1. The van der Waals surface area contributed by atoms with Gasteiger partial charge < -0.3 is 10.1 Å². The number of carboxylic acid groups (broad SMARTS) is 1. The molecule has 2 aromatic rings. The number of aliphatic carboxylic acids is 1. The van der Waals surface area contributed by atoms with E-state index < -0.39 is 20.9 Å². The fraction of sp³-hybridized carbons (Fsp3) is 0.250. The topological polar surface area (TPSA) is 142 Å². The van der Waals surface area contributed by atoms with Crippen LogP contribution in [0, 0.1) is 6.92 Å². The maximum Gasteiger partial charge on any atom is 0.313 e. The van der Waals surface area contributed by atoms with Gasteiger partial charge in [-0.2, -0.15) is 0 Å². The summed E-state index contributed by atoms with van der Waals surface area (Å²) < 4.78 is 26.6. The van der Waals surface area contributed by atoms with Crippen LogP contribution in [-0.4, -0.2) is 40.4 Å². The lowest BCUT2D eigenvalue weighted by molar-refractivity contribution is -0.133. The van der Waals surface area contributed by atoms with Crippen LogP contribution >= 0.6 is 34.4 Å². The molecule has 114 valence electrons. The first kappa shape index (κ1) is 15.9. The van der Waals surface area contributed by atoms with Crippen molar-refractivity contribution in [2.24, 2.45) is 0 Å². The van der Waals surface area contributed by atoms with Gasteiger partial charge in [0.2, 0.25) is 5.13 Å². The number of aromatic amines is 1. The molecule has 0 spiro atoms. The van der Waals surface area contributed by atoms with Crippen LogP contribution < -0.4 is 9.60 Å². The smallest absolute Gasteiger partial charge is 0.313 e. The molecule has 0 aliphatic heterocycles. The first-order valence-electron chi connectivity index (χ1n) is 5.18. The molecule has 0 aliphatic rings. The monoisotopic (exact) mass is 368 g/mol. The highest BCUT2D eigenvalue weighted by Gasteiger charge is 2.22. The molecule has 3 N–H and O–H groups in total. The highest BCUT2D eigenvalue weighted by atomic mass is 32.2. The van der Waals surface area contributed by atoms with Crippen LogP contribution in [0.5, 0.6) is 0 Å². The lowest BCUT2D eigenvalue weighted by Gasteiger charge is -2.01. The molecule has 2 heterocycles. The van der Waals surface area contributed by atoms with Gasteiger partial charge in [-0.3, -0.25) is 14.3 Å². The van der Waals surface area contributed by atoms with Crippen molar-refractivity contribution in [3.8, 4) is 0 Å². The zero-order chi connectivity index (χ0) is 15.6. The van der Waals surface area contributed by atoms with Crippen molar-refractivity contribution in [2.45, 2.75) is 15.5 Å². The summed E-state index contributed by atoms with van der Waals surface area (Å²) in [7, 11) is -3.92. The second kappa shape index (κ2) is 6.13. The average Bonchev–Trinajstić information content (AvgIpc) is 2.93. The molecule has 2 aromatic heterocycles. The van der Waals surface area contributed by atoms with E-state index >= 15 is 0 Å². The molecule has 0 bridgehead atoms. The van der Waals surface area contributed by atoms with E-state index in [1.54, 1.807) is 0 Å². The van der Waals surface area contributed by atoms with Crippen molar-refractivity contribution in [1.29, 1.82) is 0 Å². The quantitative estimate of drug-likeness (QED) is 0.628. The summed E-state index contributed by atoms with van der Waals surface area (Å²) in [6, 6.07) is 0. The normalized spacial score (nSPS) is 11.5. The standard InChI is InChI=1S/C8H8N4O5S4/c1-3-5(19-7(15)9-3)21(16,17)12-6-10-11-8(20-6)18-2-4(13)14/h2H2,1H3,(H,9,15)(H,10,12)(H,13,14). The van der Waals surface area contributed by atoms with Crippen LogP contribution in [-0.2, 0) is 14.8 Å². The zero-order valence-corrected chi connectivity index (χ0v) is 13.6. The van der Waals surface area contributed by atoms with Gasteiger partial charge in [0, 0.05) is 5.69 Å². The van der Waals surface area contributed by atoms with Gasteiger partial charge in [0.05, 0.1) is 5.75 Å². The minimum atomic E-state index is -3.92. The average molecular weight is 368 g/mol. The largest absolute Gasteiger partial charge is 0.481 e. The van der Waals surface area contributed by atoms with E-state index in [4.69, 9.17) is 5.11 Å². The van der Waals surface area contributed by atoms with Crippen LogP contribution in [0.4, 0.5) is 5.13 Å². The Labute approximate surface area is 130 Å². The number of thiazole rings is 1. The Hall–Kier alpha value is -1.44. The predicted molar refractivity (Wildman–Crippen MR) is 78.8 cm³/mol. The Balaban J connectivity index is 2.16. The van der Waals surface area contributed by atoms with Crippen LogP contribution in [0.1, 0.15) is 5.69 Å². The van der Waals surface area contributed by atoms with Gasteiger partial charge in [-0.05, 0) is 6.92 Å². The molecule has 0 unspecified atom stereocenters. The molecule has 0 saturated heterocycles. The third-order valence-electron chi connectivity index (χ3n) is 1.97. The fourth-order valence-electron chi connectivity index (χ4n) is 1.24. The van der Waals surface area contributed by atoms with Gasteiger partial charge in [-0.25, -0.2) is 8.42 Å². The van der Waals surface area contributed by atoms with E-state index in [2.05, 4.69) is 19.9 Å². The van der Waals surface area contributed by atoms with Crippen LogP contribution in [0.3, 0.4) is 0 Å². The maximum atomic E-state index is 12.1. The third kappa shape index (κ3) is 4.03. The molecule has 0 radical (unpaired) electrons. The fourth-order valence-corrected chi connectivity index (χ4v) is 5.25. The summed E-state index contributed by atoms with van der Waals surface area (Å²) in [5, 5.41) is 15.8. The Bertz CT molecular complexity index is 820. The van der Waals surface area contributed by atoms with Gasteiger partial charge in [-0.15, -0.1) is 10.2 Å². The number of hydrogen-bond acceptors (Lipinski definition) is 9. The van der Waals surface area contributed by atoms with Crippen LogP contribution in [0.2, 0.25) is 0 Å². The van der Waals surface area contributed by atoms with Crippen molar-refractivity contribution in [3.63, 3.8) is 0 Å². The van der Waals surface area contributed by atoms with Crippen molar-refractivity contribution in [3.05, 3.63) is 15.4 Å². The second-order valence-corrected chi connectivity index (χ2v) is 8.65. The summed E-state index contributed by atoms with van der Waals surface area (Å²) in [6.45, 7) is 1.47. The Morgan fingerprint density at radius 1 is 1.43 bits per heavy atom. The minimum absolute atomic E-state index is 0.00291. The second-order valence-electron chi connectivity index (χ2n) is 3.59. The number of carbonyl (C=O) groups is 1. The molecule has 0 saturated carbocycles. The predicted octanol–water partition coefficient (Wildman–Crippen LogP) is 0.574. The molecule has 0 atom stereocenters. The summed E-state index contributed by atoms with van der Waals surface area (Å²) in [4.78, 5) is 23.5. The van der Waals surface area contributed by atoms with Gasteiger partial charge in [0.25, 0.3) is 10.0 Å². The molecule has 13 heteroatoms. The molecule has 21 heavy (non-hydrogen) atoms. The van der Waals surface area contributed by atoms with E-state index in [1.165, 1.54) is 6.92 Å². The highest BCUT2D eigenvalue weighted by Crippen LogP contribution is 2.27. The van der Waals surface area contributed by atoms with Gasteiger partial charge in [-0.1, -0.05) is 34.4 Å². The van der Waals surface area contributed by atoms with Crippen molar-refractivity contribution >= 4 is 55.6 Å². The Morgan fingerprint density at radius 3 is 2.71 bits per heavy atom. The van der Waals surface area contributed by atoms with Crippen LogP contribution in [0.25, 0.3) is 0 Å². The first-order chi connectivity index (χ1) is 9.78. The first-order valence-corrected chi connectivity index (χ1v) is 9.29. The number of carboxylic acids is 1. The van der Waals surface area contributed by atoms with E-state index in [9.17, 15) is 18.0 Å². The summed E-state index contributed by atoms with van der Waals surface area (Å²) in [6.07, 6.45) is 0. The number of sulfonamides is 1. The van der Waals surface area contributed by atoms with Gasteiger partial charge in [0.1, 0.15) is 0 Å². The number of hydrogen-bond donors (Lipinski definition) is 3. The summed E-state index contributed by atoms with van der Waals surface area (Å²) in [5.74, 6) is -1.20. The van der Waals surface area contributed by atoms with E-state index in [0.29, 0.717) is 15.7 Å². The zero-order valence-electron chi connectivity index (χ0n) is 10.3. The summed E-state index contributed by atoms with van der Waals surface area (Å²) in [5.41, 5.74) is 0.238. The van der Waals surface area contributed by atoms with Crippen LogP contribution in [0.15, 0.2) is 13.3 Å². The SMILES string of the molecule is Cc1[nH]c(=O)sc1S(=O)(=O)Nc1nnc(SCC(=O)O)s1. The lowest BCUT2D eigenvalue weighted by atomic mass is 10.6. The number of nitrogens with zero attached hydrogens (tertiary/aromatic N) is 2. The number of nitrogens with one attached hydrogen (secondary N) is 2. The molecule has 0 aromatic carbocycles. The molecule has 9 nitrogen and oxygen atoms in total. The molecule has 0 fully saturated rings. The number of H-pyrrole nitrogens is 1. The molecule has 2 rings (SSSR count). The van der Waals surface area contributed by atoms with Gasteiger partial charge >= 0.3 is 10.8 Å². The molecular weight excluding hydrogens is 360 g/mol. The lowest BCUT2D eigenvalue weighted by Crippen LogP contribution is -2.12. The Kier molecular flexibility index (Phi) is 4.65. The van der Waals surface area contributed by atoms with Crippen molar-refractivity contribution in [1.82, 2.24) is 15.2 Å². The molecular formula is C8H8N4O5S4. The number of thioether (sulfide) groups is 1. The van der Waals surface area contributed by atoms with Crippen molar-refractivity contribution < 1.29 is 18.3 Å². The van der Waals surface area contributed by atoms with Crippen molar-refractivity contribution in [2.75, 3.05) is 10.5 Å². The Morgan fingerprint density at radius 2 is 2.14 bits per heavy atom. The number of rotatable bonds is 6. The summed E-state index contributed by atoms with van der Waals surface area (Å²) >= 11 is 2.42. The molecule has 0 aliphatic carbocycles. The maximum absolute atomic E-state index is 12.1. The molecule has 0 amide bonds.